The zero-order chi connectivity index (χ0) is 29.2. The number of carbonyl (C=O) groups is 1. The first-order valence-electron chi connectivity index (χ1n) is 15.3. The second-order valence-corrected chi connectivity index (χ2v) is 11.3. The number of likely N-dealkylation sites (tertiary alicyclic amines) is 1. The second kappa shape index (κ2) is 14.9. The molecule has 1 saturated carbocycles. The molecular weight excluding hydrogens is 510 g/mol. The summed E-state index contributed by atoms with van der Waals surface area (Å²) >= 11 is 0. The molecular formula is C33H47N7O. The van der Waals surface area contributed by atoms with Gasteiger partial charge in [0, 0.05) is 37.1 Å². The van der Waals surface area contributed by atoms with E-state index < -0.39 is 0 Å². The number of allylic oxidation sites excluding steroid dienone is 1. The molecule has 1 aromatic rings. The maximum absolute atomic E-state index is 13.2. The predicted molar refractivity (Wildman–Crippen MR) is 171 cm³/mol. The molecule has 1 unspecified atom stereocenters. The third-order valence-corrected chi connectivity index (χ3v) is 8.10. The molecule has 1 N–H and O–H groups in total. The molecule has 1 saturated heterocycles. The number of nitrogens with one attached hydrogen (secondary N) is 1. The third kappa shape index (κ3) is 8.49. The summed E-state index contributed by atoms with van der Waals surface area (Å²) in [5.74, 6) is 0.804. The normalized spacial score (nSPS) is 21.0. The molecule has 3 aliphatic rings. The highest BCUT2D eigenvalue weighted by Gasteiger charge is 2.24. The van der Waals surface area contributed by atoms with Crippen molar-refractivity contribution in [3.63, 3.8) is 0 Å². The van der Waals surface area contributed by atoms with E-state index in [4.69, 9.17) is 5.10 Å². The lowest BCUT2D eigenvalue weighted by atomic mass is 9.91. The molecule has 2 aliphatic heterocycles. The third-order valence-electron chi connectivity index (χ3n) is 8.10. The Kier molecular flexibility index (Phi) is 11.1. The second-order valence-electron chi connectivity index (χ2n) is 11.3. The average Bonchev–Trinajstić information content (AvgIpc) is 3.81. The highest BCUT2D eigenvalue weighted by Crippen LogP contribution is 2.40. The molecule has 1 amide bonds. The van der Waals surface area contributed by atoms with Crippen molar-refractivity contribution < 1.29 is 4.79 Å². The summed E-state index contributed by atoms with van der Waals surface area (Å²) in [6.07, 6.45) is 15.7. The van der Waals surface area contributed by atoms with Crippen molar-refractivity contribution in [3.8, 4) is 0 Å². The van der Waals surface area contributed by atoms with E-state index in [0.717, 1.165) is 56.2 Å². The maximum atomic E-state index is 13.2. The minimum atomic E-state index is -0.236. The van der Waals surface area contributed by atoms with Crippen LogP contribution >= 0.6 is 0 Å². The van der Waals surface area contributed by atoms with Crippen molar-refractivity contribution in [2.24, 2.45) is 21.1 Å². The fourth-order valence-corrected chi connectivity index (χ4v) is 5.47. The number of hydrogen-bond donors (Lipinski definition) is 1. The molecule has 2 heterocycles. The van der Waals surface area contributed by atoms with Crippen LogP contribution in [0, 0.1) is 5.92 Å². The van der Waals surface area contributed by atoms with Crippen LogP contribution in [0.1, 0.15) is 77.7 Å². The minimum Gasteiger partial charge on any atom is -0.328 e. The van der Waals surface area contributed by atoms with Crippen molar-refractivity contribution in [3.05, 3.63) is 66.2 Å². The number of anilines is 1. The number of rotatable bonds is 11. The van der Waals surface area contributed by atoms with Crippen molar-refractivity contribution in [2.45, 2.75) is 78.2 Å². The van der Waals surface area contributed by atoms with Gasteiger partial charge in [-0.15, -0.1) is 0 Å². The largest absolute Gasteiger partial charge is 0.328 e. The van der Waals surface area contributed by atoms with Gasteiger partial charge in [0.1, 0.15) is 0 Å². The number of nitrogens with zero attached hydrogens (tertiary/aromatic N) is 6. The Bertz CT molecular complexity index is 1190. The van der Waals surface area contributed by atoms with Crippen LogP contribution in [0.4, 0.5) is 5.69 Å². The van der Waals surface area contributed by atoms with E-state index in [1.165, 1.54) is 24.8 Å². The van der Waals surface area contributed by atoms with Gasteiger partial charge >= 0.3 is 0 Å². The van der Waals surface area contributed by atoms with Gasteiger partial charge in [0.25, 0.3) is 5.91 Å². The summed E-state index contributed by atoms with van der Waals surface area (Å²) in [6, 6.07) is 9.42. The van der Waals surface area contributed by atoms with Gasteiger partial charge in [0.05, 0.1) is 35.4 Å². The molecule has 220 valence electrons. The highest BCUT2D eigenvalue weighted by molar-refractivity contribution is 6.13. The Morgan fingerprint density at radius 3 is 2.61 bits per heavy atom. The fourth-order valence-electron chi connectivity index (χ4n) is 5.47. The highest BCUT2D eigenvalue weighted by atomic mass is 16.1. The van der Waals surface area contributed by atoms with Crippen molar-refractivity contribution in [2.75, 3.05) is 31.2 Å². The van der Waals surface area contributed by atoms with Crippen LogP contribution in [0.2, 0.25) is 0 Å². The van der Waals surface area contributed by atoms with Crippen LogP contribution in [0.15, 0.2) is 75.8 Å². The number of hydrogen-bond acceptors (Lipinski definition) is 7. The molecule has 1 aliphatic carbocycles. The zero-order valence-corrected chi connectivity index (χ0v) is 25.3. The van der Waals surface area contributed by atoms with E-state index in [1.807, 2.05) is 13.0 Å². The summed E-state index contributed by atoms with van der Waals surface area (Å²) in [4.78, 5) is 20.1. The van der Waals surface area contributed by atoms with Crippen LogP contribution in [0.3, 0.4) is 0 Å². The van der Waals surface area contributed by atoms with Crippen molar-refractivity contribution in [1.29, 1.82) is 0 Å². The first kappa shape index (κ1) is 30.4. The Hall–Kier alpha value is -3.52. The summed E-state index contributed by atoms with van der Waals surface area (Å²) in [5.41, 5.74) is 4.63. The van der Waals surface area contributed by atoms with Gasteiger partial charge in [0.2, 0.25) is 0 Å². The van der Waals surface area contributed by atoms with Crippen LogP contribution in [-0.2, 0) is 4.79 Å². The number of amides is 1. The topological polar surface area (TPSA) is 75.9 Å². The summed E-state index contributed by atoms with van der Waals surface area (Å²) < 4.78 is 0. The van der Waals surface area contributed by atoms with Gasteiger partial charge in [-0.1, -0.05) is 25.1 Å². The monoisotopic (exact) mass is 557 g/mol. The molecule has 0 bridgehead atoms. The van der Waals surface area contributed by atoms with Crippen LogP contribution in [-0.4, -0.2) is 66.2 Å². The van der Waals surface area contributed by atoms with Gasteiger partial charge < -0.3 is 10.2 Å². The molecule has 0 aromatic heterocycles. The number of carbonyl (C=O) groups excluding carboxylic acids is 1. The number of hydrazone groups is 2. The van der Waals surface area contributed by atoms with Gasteiger partial charge in [-0.3, -0.25) is 19.8 Å². The standard InChI is InChI=1S/C33H47N7O/c1-6-34-32-24-39(7-2)36-23-30(32)33(41)35-20-18-31(28-11-9-10-21-38(22-19-28)25(4)5)37-40(8-3)29-16-14-27(15-17-29)26-12-13-26/h6-7,14-18,20,23,25-26,28H,2,8-13,19,21-22,24H2,1,3-5H3,(H,35,41)/b20-18+,34-6?,37-31+. The molecule has 41 heavy (non-hydrogen) atoms. The van der Waals surface area contributed by atoms with E-state index in [9.17, 15) is 4.79 Å². The van der Waals surface area contributed by atoms with Crippen molar-refractivity contribution in [1.82, 2.24) is 15.2 Å². The molecule has 0 spiro atoms. The minimum absolute atomic E-state index is 0.236. The van der Waals surface area contributed by atoms with E-state index in [2.05, 4.69) is 76.9 Å². The van der Waals surface area contributed by atoms with Crippen molar-refractivity contribution >= 4 is 29.7 Å². The molecule has 1 aromatic carbocycles. The lowest BCUT2D eigenvalue weighted by Crippen LogP contribution is -2.36. The molecule has 1 atom stereocenters. The van der Waals surface area contributed by atoms with Gasteiger partial charge in [-0.25, -0.2) is 0 Å². The van der Waals surface area contributed by atoms with Crippen LogP contribution in [0.25, 0.3) is 0 Å². The van der Waals surface area contributed by atoms with Crippen LogP contribution < -0.4 is 10.3 Å². The Balaban J connectivity index is 1.57. The zero-order valence-electron chi connectivity index (χ0n) is 25.3. The van der Waals surface area contributed by atoms with Gasteiger partial charge in [0.15, 0.2) is 0 Å². The smallest absolute Gasteiger partial charge is 0.258 e. The molecule has 2 fully saturated rings. The number of aliphatic imine (C=N–C) groups is 1. The van der Waals surface area contributed by atoms with Crippen LogP contribution in [0.5, 0.6) is 0 Å². The van der Waals surface area contributed by atoms with E-state index >= 15 is 0 Å². The predicted octanol–water partition coefficient (Wildman–Crippen LogP) is 6.07. The van der Waals surface area contributed by atoms with E-state index in [1.54, 1.807) is 29.8 Å². The maximum Gasteiger partial charge on any atom is 0.258 e. The molecule has 8 nitrogen and oxygen atoms in total. The van der Waals surface area contributed by atoms with Gasteiger partial charge in [-0.2, -0.15) is 10.2 Å². The SMILES string of the molecule is C=CN1CC(N=CC)=C(C(=O)N/C=C/C(=N\N(CC)c2ccc(C3CC3)cc2)C2CCCCN(C(C)C)CC2)C=N1. The first-order valence-corrected chi connectivity index (χ1v) is 15.3. The van der Waals surface area contributed by atoms with E-state index in [-0.39, 0.29) is 5.91 Å². The summed E-state index contributed by atoms with van der Waals surface area (Å²) in [6.45, 7) is 15.7. The Morgan fingerprint density at radius 1 is 1.17 bits per heavy atom. The fraction of sp³-hybridized carbons (Fsp3) is 0.515. The molecule has 0 radical (unpaired) electrons. The lowest BCUT2D eigenvalue weighted by molar-refractivity contribution is -0.116. The molecule has 4 rings (SSSR count). The van der Waals surface area contributed by atoms with E-state index in [0.29, 0.717) is 29.8 Å². The average molecular weight is 558 g/mol. The Morgan fingerprint density at radius 2 is 1.95 bits per heavy atom. The number of benzene rings is 1. The first-order chi connectivity index (χ1) is 19.9. The lowest BCUT2D eigenvalue weighted by Gasteiger charge is -2.31. The quantitative estimate of drug-likeness (QED) is 0.265. The Labute approximate surface area is 246 Å². The summed E-state index contributed by atoms with van der Waals surface area (Å²) in [7, 11) is 0. The molecule has 8 heteroatoms. The van der Waals surface area contributed by atoms with Gasteiger partial charge in [-0.05, 0) is 103 Å². The summed E-state index contributed by atoms with van der Waals surface area (Å²) in [5, 5.41) is 16.2.